The van der Waals surface area contributed by atoms with Crippen LogP contribution < -0.4 is 0 Å². The number of esters is 1. The van der Waals surface area contributed by atoms with Crippen LogP contribution >= 0.6 is 23.4 Å². The van der Waals surface area contributed by atoms with Crippen LogP contribution in [0.15, 0.2) is 11.1 Å². The number of hydrogen-bond donors (Lipinski definition) is 0. The average Bonchev–Trinajstić information content (AvgIpc) is 3.16. The molecule has 2 rings (SSSR count). The van der Waals surface area contributed by atoms with Crippen molar-refractivity contribution >= 4 is 29.3 Å². The predicted molar refractivity (Wildman–Crippen MR) is 94.0 cm³/mol. The maximum atomic E-state index is 14.1. The van der Waals surface area contributed by atoms with Crippen LogP contribution in [0.3, 0.4) is 0 Å². The number of ether oxygens (including phenoxy) is 1. The van der Waals surface area contributed by atoms with Crippen LogP contribution in [0.25, 0.3) is 0 Å². The number of allylic oxidation sites excluding steroid dienone is 2. The van der Waals surface area contributed by atoms with Crippen molar-refractivity contribution in [3.8, 4) is 0 Å². The van der Waals surface area contributed by atoms with Crippen molar-refractivity contribution in [2.45, 2.75) is 32.4 Å². The Kier molecular flexibility index (Phi) is 6.89. The van der Waals surface area contributed by atoms with E-state index in [0.29, 0.717) is 6.08 Å². The molecule has 1 aromatic rings. The molecule has 2 nitrogen and oxygen atoms in total. The lowest BCUT2D eigenvalue weighted by molar-refractivity contribution is -0.147. The molecule has 162 valence electrons. The lowest BCUT2D eigenvalue weighted by Gasteiger charge is -2.12. The molecule has 1 saturated carbocycles. The van der Waals surface area contributed by atoms with Gasteiger partial charge in [-0.15, -0.1) is 0 Å². The fourth-order valence-electron chi connectivity index (χ4n) is 3.04. The molecule has 1 aliphatic rings. The van der Waals surface area contributed by atoms with Gasteiger partial charge in [-0.2, -0.15) is 24.9 Å². The summed E-state index contributed by atoms with van der Waals surface area (Å²) >= 11 is 6.13. The minimum absolute atomic E-state index is 0.310. The third kappa shape index (κ3) is 4.68. The van der Waals surface area contributed by atoms with Gasteiger partial charge < -0.3 is 4.74 Å². The Balaban J connectivity index is 2.18. The van der Waals surface area contributed by atoms with E-state index in [0.717, 1.165) is 11.8 Å². The van der Waals surface area contributed by atoms with E-state index in [1.54, 1.807) is 0 Å². The van der Waals surface area contributed by atoms with E-state index in [2.05, 4.69) is 0 Å². The van der Waals surface area contributed by atoms with Gasteiger partial charge >= 0.3 is 12.1 Å². The SMILES string of the molecule is CSCc1c(F)c(F)c(COC(=O)[C@@H]2[C@@H](/C=C(\Cl)C(F)(F)F)C2(C)C)c(F)c1F. The average molecular weight is 465 g/mol. The van der Waals surface area contributed by atoms with Crippen LogP contribution in [0.2, 0.25) is 0 Å². The summed E-state index contributed by atoms with van der Waals surface area (Å²) in [7, 11) is 0. The van der Waals surface area contributed by atoms with Gasteiger partial charge in [0.15, 0.2) is 23.3 Å². The third-order valence-corrected chi connectivity index (χ3v) is 5.77. The van der Waals surface area contributed by atoms with Crippen LogP contribution in [0.5, 0.6) is 0 Å². The maximum Gasteiger partial charge on any atom is 0.426 e. The van der Waals surface area contributed by atoms with Crippen molar-refractivity contribution in [1.82, 2.24) is 0 Å². The van der Waals surface area contributed by atoms with Gasteiger partial charge in [0.2, 0.25) is 0 Å². The standard InChI is InChI=1S/C18H16ClF7O2S/c1-17(2)9(4-10(19)18(24,25)26)11(17)16(27)28-5-7-12(20)14(22)8(6-29-3)15(23)13(7)21/h4,9,11H,5-6H2,1-3H3/b10-4-/t9-,11+/m1/s1. The van der Waals surface area contributed by atoms with Crippen molar-refractivity contribution < 1.29 is 40.3 Å². The van der Waals surface area contributed by atoms with E-state index in [1.165, 1.54) is 20.1 Å². The molecule has 0 amide bonds. The molecule has 1 aliphatic carbocycles. The summed E-state index contributed by atoms with van der Waals surface area (Å²) in [6, 6.07) is 0. The fraction of sp³-hybridized carbons (Fsp3) is 0.500. The van der Waals surface area contributed by atoms with E-state index >= 15 is 0 Å². The summed E-state index contributed by atoms with van der Waals surface area (Å²) in [6.07, 6.45) is -2.63. The highest BCUT2D eigenvalue weighted by atomic mass is 35.5. The van der Waals surface area contributed by atoms with Crippen molar-refractivity contribution in [2.24, 2.45) is 17.3 Å². The molecule has 0 bridgehead atoms. The van der Waals surface area contributed by atoms with Crippen LogP contribution in [0.4, 0.5) is 30.7 Å². The summed E-state index contributed by atoms with van der Waals surface area (Å²) in [5.41, 5.74) is -2.84. The van der Waals surface area contributed by atoms with E-state index < -0.39 is 75.4 Å². The van der Waals surface area contributed by atoms with Gasteiger partial charge in [0.25, 0.3) is 0 Å². The first-order chi connectivity index (χ1) is 13.2. The Bertz CT molecular complexity index is 823. The second kappa shape index (κ2) is 8.37. The summed E-state index contributed by atoms with van der Waals surface area (Å²) in [4.78, 5) is 12.2. The van der Waals surface area contributed by atoms with Gasteiger partial charge in [0, 0.05) is 11.3 Å². The molecule has 2 atom stereocenters. The molecule has 0 spiro atoms. The highest BCUT2D eigenvalue weighted by Crippen LogP contribution is 2.60. The lowest BCUT2D eigenvalue weighted by atomic mass is 10.1. The number of halogens is 8. The molecule has 0 unspecified atom stereocenters. The van der Waals surface area contributed by atoms with Gasteiger partial charge in [-0.05, 0) is 17.6 Å². The molecule has 0 heterocycles. The molecule has 29 heavy (non-hydrogen) atoms. The first-order valence-electron chi connectivity index (χ1n) is 8.18. The molecule has 0 radical (unpaired) electrons. The number of hydrogen-bond acceptors (Lipinski definition) is 3. The summed E-state index contributed by atoms with van der Waals surface area (Å²) in [6.45, 7) is 1.86. The Hall–Kier alpha value is -1.42. The minimum Gasteiger partial charge on any atom is -0.460 e. The normalized spacial score (nSPS) is 21.3. The molecule has 0 saturated heterocycles. The highest BCUT2D eigenvalue weighted by molar-refractivity contribution is 7.97. The quantitative estimate of drug-likeness (QED) is 0.289. The zero-order valence-electron chi connectivity index (χ0n) is 15.4. The van der Waals surface area contributed by atoms with Gasteiger partial charge in [-0.3, -0.25) is 4.79 Å². The topological polar surface area (TPSA) is 26.3 Å². The van der Waals surface area contributed by atoms with Crippen molar-refractivity contribution in [3.05, 3.63) is 45.5 Å². The van der Waals surface area contributed by atoms with Crippen LogP contribution in [0.1, 0.15) is 25.0 Å². The maximum absolute atomic E-state index is 14.1. The summed E-state index contributed by atoms with van der Waals surface area (Å²) < 4.78 is 98.5. The van der Waals surface area contributed by atoms with Crippen molar-refractivity contribution in [1.29, 1.82) is 0 Å². The van der Waals surface area contributed by atoms with Crippen LogP contribution in [0, 0.1) is 40.5 Å². The van der Waals surface area contributed by atoms with Gasteiger partial charge in [0.05, 0.1) is 11.5 Å². The second-order valence-corrected chi connectivity index (χ2v) is 8.36. The predicted octanol–water partition coefficient (Wildman–Crippen LogP) is 6.11. The molecular weight excluding hydrogens is 449 g/mol. The number of benzene rings is 1. The number of carbonyl (C=O) groups excluding carboxylic acids is 1. The van der Waals surface area contributed by atoms with E-state index in [-0.39, 0.29) is 5.75 Å². The number of rotatable bonds is 6. The molecule has 0 N–H and O–H groups in total. The Morgan fingerprint density at radius 2 is 1.59 bits per heavy atom. The van der Waals surface area contributed by atoms with Gasteiger partial charge in [0.1, 0.15) is 11.6 Å². The fourth-order valence-corrected chi connectivity index (χ4v) is 3.72. The van der Waals surface area contributed by atoms with Crippen molar-refractivity contribution in [2.75, 3.05) is 6.26 Å². The zero-order chi connectivity index (χ0) is 22.3. The van der Waals surface area contributed by atoms with Gasteiger partial charge in [-0.25, -0.2) is 17.6 Å². The summed E-state index contributed by atoms with van der Waals surface area (Å²) in [5, 5.41) is -1.41. The van der Waals surface area contributed by atoms with Crippen molar-refractivity contribution in [3.63, 3.8) is 0 Å². The monoisotopic (exact) mass is 464 g/mol. The molecule has 0 aromatic heterocycles. The third-order valence-electron chi connectivity index (χ3n) is 4.85. The molecule has 0 aliphatic heterocycles. The number of alkyl halides is 3. The molecule has 1 fully saturated rings. The zero-order valence-corrected chi connectivity index (χ0v) is 17.0. The molecule has 11 heteroatoms. The molecule has 1 aromatic carbocycles. The Labute approximate surface area is 171 Å². The largest absolute Gasteiger partial charge is 0.460 e. The van der Waals surface area contributed by atoms with Crippen LogP contribution in [-0.2, 0) is 21.9 Å². The lowest BCUT2D eigenvalue weighted by Crippen LogP contribution is -2.14. The first-order valence-corrected chi connectivity index (χ1v) is 9.96. The minimum atomic E-state index is -4.78. The van der Waals surface area contributed by atoms with E-state index in [1.807, 2.05) is 0 Å². The van der Waals surface area contributed by atoms with E-state index in [9.17, 15) is 35.5 Å². The highest BCUT2D eigenvalue weighted by Gasteiger charge is 2.62. The number of thioether (sulfide) groups is 1. The summed E-state index contributed by atoms with van der Waals surface area (Å²) in [5.74, 6) is -9.90. The first kappa shape index (κ1) is 23.9. The van der Waals surface area contributed by atoms with E-state index in [4.69, 9.17) is 16.3 Å². The molecular formula is C18H16ClF7O2S. The second-order valence-electron chi connectivity index (χ2n) is 7.09. The Morgan fingerprint density at radius 1 is 1.10 bits per heavy atom. The number of carbonyl (C=O) groups is 1. The smallest absolute Gasteiger partial charge is 0.426 e. The van der Waals surface area contributed by atoms with Gasteiger partial charge in [-0.1, -0.05) is 31.5 Å². The van der Waals surface area contributed by atoms with Crippen LogP contribution in [-0.4, -0.2) is 18.4 Å². The Morgan fingerprint density at radius 3 is 2.03 bits per heavy atom.